The topological polar surface area (TPSA) is 149 Å². The van der Waals surface area contributed by atoms with E-state index in [0.29, 0.717) is 39.7 Å². The van der Waals surface area contributed by atoms with Crippen LogP contribution >= 0.6 is 23.2 Å². The first-order valence-corrected chi connectivity index (χ1v) is 16.3. The number of likely N-dealkylation sites (N-methyl/N-ethyl adjacent to an activating group) is 1. The molecule has 50 heavy (non-hydrogen) atoms. The summed E-state index contributed by atoms with van der Waals surface area (Å²) in [6, 6.07) is 14.0. The van der Waals surface area contributed by atoms with Crippen LogP contribution in [0.15, 0.2) is 91.3 Å². The number of carbonyl (C=O) groups excluding carboxylic acids is 3. The Morgan fingerprint density at radius 1 is 1.06 bits per heavy atom. The van der Waals surface area contributed by atoms with Crippen LogP contribution in [0.2, 0.25) is 10.0 Å². The van der Waals surface area contributed by atoms with Crippen LogP contribution in [0.3, 0.4) is 0 Å². The first-order valence-electron chi connectivity index (χ1n) is 15.6. The third-order valence-electron chi connectivity index (χ3n) is 7.49. The molecular weight excluding hydrogens is 679 g/mol. The lowest BCUT2D eigenvalue weighted by molar-refractivity contribution is -0.124. The van der Waals surface area contributed by atoms with E-state index in [1.54, 1.807) is 55.7 Å². The molecule has 0 saturated heterocycles. The van der Waals surface area contributed by atoms with E-state index >= 15 is 0 Å². The number of allylic oxidation sites excluding steroid dienone is 2. The van der Waals surface area contributed by atoms with E-state index in [0.717, 1.165) is 22.2 Å². The second kappa shape index (κ2) is 17.8. The number of aryl methyl sites for hydroxylation is 2. The normalized spacial score (nSPS) is 11.1. The number of aromatic nitrogens is 2. The van der Waals surface area contributed by atoms with Gasteiger partial charge in [-0.3, -0.25) is 19.4 Å². The van der Waals surface area contributed by atoms with Gasteiger partial charge in [0, 0.05) is 54.4 Å². The van der Waals surface area contributed by atoms with Crippen molar-refractivity contribution in [3.63, 3.8) is 0 Å². The second-order valence-corrected chi connectivity index (χ2v) is 11.9. The first kappa shape index (κ1) is 37.4. The zero-order valence-electron chi connectivity index (χ0n) is 28.0. The third-order valence-corrected chi connectivity index (χ3v) is 8.27. The number of ether oxygens (including phenoxy) is 2. The molecule has 4 rings (SSSR count). The summed E-state index contributed by atoms with van der Waals surface area (Å²) in [7, 11) is 3.09. The summed E-state index contributed by atoms with van der Waals surface area (Å²) < 4.78 is 12.3. The van der Waals surface area contributed by atoms with E-state index in [-0.39, 0.29) is 54.6 Å². The Balaban J connectivity index is 1.39. The fraction of sp³-hybridized carbons (Fsp3) is 0.216. The van der Waals surface area contributed by atoms with Crippen molar-refractivity contribution in [1.82, 2.24) is 20.6 Å². The Kier molecular flexibility index (Phi) is 13.4. The summed E-state index contributed by atoms with van der Waals surface area (Å²) in [6.07, 6.45) is 8.81. The van der Waals surface area contributed by atoms with Crippen LogP contribution in [0.4, 0.5) is 5.69 Å². The quantitative estimate of drug-likeness (QED) is 0.130. The summed E-state index contributed by atoms with van der Waals surface area (Å²) in [5.74, 6) is 0.125. The molecule has 0 unspecified atom stereocenters. The van der Waals surface area contributed by atoms with E-state index in [1.807, 2.05) is 31.2 Å². The molecule has 4 N–H and O–H groups in total. The van der Waals surface area contributed by atoms with Crippen LogP contribution < -0.4 is 30.7 Å². The number of para-hydroxylation sites is 1. The summed E-state index contributed by atoms with van der Waals surface area (Å²) in [6.45, 7) is 5.88. The van der Waals surface area contributed by atoms with Crippen molar-refractivity contribution in [3.05, 3.63) is 124 Å². The number of carbonyl (C=O) groups is 3. The number of nitrogens with zero attached hydrogens (tertiary/aromatic N) is 3. The minimum atomic E-state index is -0.388. The Hall–Kier alpha value is -5.39. The van der Waals surface area contributed by atoms with Crippen LogP contribution in [0.1, 0.15) is 33.7 Å². The zero-order chi connectivity index (χ0) is 36.2. The molecule has 0 aliphatic heterocycles. The van der Waals surface area contributed by atoms with E-state index < -0.39 is 0 Å². The van der Waals surface area contributed by atoms with Crippen LogP contribution in [0, 0.1) is 6.92 Å². The van der Waals surface area contributed by atoms with Gasteiger partial charge in [0.2, 0.25) is 11.8 Å². The Labute approximate surface area is 300 Å². The zero-order valence-corrected chi connectivity index (χ0v) is 29.5. The van der Waals surface area contributed by atoms with Crippen LogP contribution in [-0.4, -0.2) is 54.9 Å². The highest BCUT2D eigenvalue weighted by Crippen LogP contribution is 2.36. The molecule has 260 valence electrons. The van der Waals surface area contributed by atoms with Gasteiger partial charge in [0.05, 0.1) is 17.3 Å². The molecule has 2 heterocycles. The highest BCUT2D eigenvalue weighted by molar-refractivity contribution is 6.38. The van der Waals surface area contributed by atoms with Crippen molar-refractivity contribution in [2.45, 2.75) is 26.4 Å². The third kappa shape index (κ3) is 9.83. The predicted molar refractivity (Wildman–Crippen MR) is 197 cm³/mol. The number of fused-ring (bicyclic) bond motifs is 1. The van der Waals surface area contributed by atoms with Crippen LogP contribution in [0.25, 0.3) is 10.9 Å². The van der Waals surface area contributed by atoms with E-state index in [1.165, 1.54) is 18.1 Å². The van der Waals surface area contributed by atoms with Crippen LogP contribution in [0.5, 0.6) is 11.5 Å². The smallest absolute Gasteiger partial charge is 0.269 e. The number of rotatable bonds is 15. The van der Waals surface area contributed by atoms with E-state index in [4.69, 9.17) is 43.4 Å². The molecule has 4 aromatic rings. The second-order valence-electron chi connectivity index (χ2n) is 11.1. The monoisotopic (exact) mass is 716 g/mol. The number of hydrogen-bond donors (Lipinski definition) is 3. The molecule has 13 heteroatoms. The van der Waals surface area contributed by atoms with Gasteiger partial charge < -0.3 is 30.7 Å². The lowest BCUT2D eigenvalue weighted by Gasteiger charge is -2.21. The van der Waals surface area contributed by atoms with Gasteiger partial charge in [-0.2, -0.15) is 0 Å². The molecule has 11 nitrogen and oxygen atoms in total. The van der Waals surface area contributed by atoms with Gasteiger partial charge in [-0.05, 0) is 67.1 Å². The van der Waals surface area contributed by atoms with Gasteiger partial charge in [-0.25, -0.2) is 4.98 Å². The van der Waals surface area contributed by atoms with Gasteiger partial charge in [0.25, 0.3) is 5.91 Å². The molecule has 0 fully saturated rings. The summed E-state index contributed by atoms with van der Waals surface area (Å²) >= 11 is 13.3. The SMILES string of the molecule is C=C(/C=C\C=C/N)COc1cc(C)nc2c(OCc3c(Cl)ccc(N(C)C(=O)CNC(=O)CCc4ccc(C(=O)NC)nc4)c3Cl)cccc12. The summed E-state index contributed by atoms with van der Waals surface area (Å²) in [5, 5.41) is 6.49. The summed E-state index contributed by atoms with van der Waals surface area (Å²) in [4.78, 5) is 47.3. The number of nitrogens with two attached hydrogens (primary N) is 1. The molecule has 0 saturated carbocycles. The van der Waals surface area contributed by atoms with Crippen molar-refractivity contribution in [2.24, 2.45) is 5.73 Å². The Morgan fingerprint density at radius 3 is 2.58 bits per heavy atom. The standard InChI is InChI=1S/C37H38Cl2N6O5/c1-23(8-5-6-17-40)21-49-32-18-24(2)44-36-26(32)9-7-10-31(36)50-22-27-28(38)13-15-30(35(27)39)45(4)34(47)20-43-33(46)16-12-25-11-14-29(42-19-25)37(48)41-3/h5-11,13-15,17-19H,1,12,16,20-22,40H2,2-4H3,(H,41,48)(H,43,46)/b8-5-,17-6-. The van der Waals surface area contributed by atoms with Gasteiger partial charge in [-0.1, -0.05) is 54.1 Å². The molecule has 0 bridgehead atoms. The molecule has 0 aliphatic rings. The molecule has 3 amide bonds. The highest BCUT2D eigenvalue weighted by Gasteiger charge is 2.20. The minimum Gasteiger partial charge on any atom is -0.488 e. The number of hydrogen-bond acceptors (Lipinski definition) is 8. The molecular formula is C37H38Cl2N6O5. The first-order chi connectivity index (χ1) is 24.0. The number of halogens is 2. The maximum Gasteiger partial charge on any atom is 0.269 e. The van der Waals surface area contributed by atoms with Crippen LogP contribution in [-0.2, 0) is 22.6 Å². The fourth-order valence-electron chi connectivity index (χ4n) is 4.76. The van der Waals surface area contributed by atoms with Crippen molar-refractivity contribution in [2.75, 3.05) is 32.1 Å². The predicted octanol–water partition coefficient (Wildman–Crippen LogP) is 5.86. The van der Waals surface area contributed by atoms with Crippen molar-refractivity contribution in [3.8, 4) is 11.5 Å². The highest BCUT2D eigenvalue weighted by atomic mass is 35.5. The number of pyridine rings is 2. The van der Waals surface area contributed by atoms with Crippen molar-refractivity contribution in [1.29, 1.82) is 0 Å². The average molecular weight is 718 g/mol. The molecule has 0 aliphatic carbocycles. The summed E-state index contributed by atoms with van der Waals surface area (Å²) in [5.41, 5.74) is 9.40. The lowest BCUT2D eigenvalue weighted by atomic mass is 10.1. The molecule has 0 spiro atoms. The Morgan fingerprint density at radius 2 is 1.86 bits per heavy atom. The number of anilines is 1. The maximum absolute atomic E-state index is 13.1. The van der Waals surface area contributed by atoms with Crippen molar-refractivity contribution < 1.29 is 23.9 Å². The van der Waals surface area contributed by atoms with Crippen molar-refractivity contribution >= 4 is 57.5 Å². The number of benzene rings is 2. The number of nitrogens with one attached hydrogen (secondary N) is 2. The number of amides is 3. The van der Waals surface area contributed by atoms with E-state index in [9.17, 15) is 14.4 Å². The molecule has 0 atom stereocenters. The molecule has 0 radical (unpaired) electrons. The van der Waals surface area contributed by atoms with Gasteiger partial charge >= 0.3 is 0 Å². The van der Waals surface area contributed by atoms with Gasteiger partial charge in [0.15, 0.2) is 0 Å². The van der Waals surface area contributed by atoms with Gasteiger partial charge in [0.1, 0.15) is 35.9 Å². The fourth-order valence-corrected chi connectivity index (χ4v) is 5.36. The maximum atomic E-state index is 13.1. The van der Waals surface area contributed by atoms with Gasteiger partial charge in [-0.15, -0.1) is 0 Å². The van der Waals surface area contributed by atoms with E-state index in [2.05, 4.69) is 22.2 Å². The molecule has 2 aromatic heterocycles. The lowest BCUT2D eigenvalue weighted by Crippen LogP contribution is -2.38. The average Bonchev–Trinajstić information content (AvgIpc) is 3.11. The Bertz CT molecular complexity index is 1950. The molecule has 2 aromatic carbocycles. The largest absolute Gasteiger partial charge is 0.488 e. The minimum absolute atomic E-state index is 0.00951.